The average molecular weight is 351 g/mol. The fourth-order valence-corrected chi connectivity index (χ4v) is 3.46. The van der Waals surface area contributed by atoms with E-state index in [0.717, 1.165) is 16.9 Å². The Kier molecular flexibility index (Phi) is 4.34. The van der Waals surface area contributed by atoms with Crippen LogP contribution in [0.25, 0.3) is 11.3 Å². The van der Waals surface area contributed by atoms with E-state index in [9.17, 15) is 9.90 Å². The minimum atomic E-state index is -0.279. The van der Waals surface area contributed by atoms with Crippen LogP contribution in [0.5, 0.6) is 0 Å². The molecule has 0 radical (unpaired) electrons. The summed E-state index contributed by atoms with van der Waals surface area (Å²) >= 11 is 0. The monoisotopic (exact) mass is 351 g/mol. The maximum Gasteiger partial charge on any atom is 0.251 e. The maximum atomic E-state index is 12.9. The molecule has 1 amide bonds. The number of aromatic nitrogens is 2. The number of carbonyl (C=O) groups is 1. The van der Waals surface area contributed by atoms with E-state index >= 15 is 0 Å². The summed E-state index contributed by atoms with van der Waals surface area (Å²) in [5.74, 6) is 0.797. The van der Waals surface area contributed by atoms with Crippen molar-refractivity contribution in [1.82, 2.24) is 15.1 Å². The lowest BCUT2D eigenvalue weighted by Crippen LogP contribution is -2.41. The third kappa shape index (κ3) is 3.28. The number of amides is 1. The van der Waals surface area contributed by atoms with Crippen LogP contribution in [0.15, 0.2) is 59.5 Å². The number of furan rings is 1. The maximum absolute atomic E-state index is 12.9. The highest BCUT2D eigenvalue weighted by Gasteiger charge is 2.36. The van der Waals surface area contributed by atoms with Gasteiger partial charge < -0.3 is 14.8 Å². The first-order valence-corrected chi connectivity index (χ1v) is 8.71. The van der Waals surface area contributed by atoms with Gasteiger partial charge in [0.15, 0.2) is 0 Å². The molecule has 1 saturated carbocycles. The average Bonchev–Trinajstić information content (AvgIpc) is 3.29. The Labute approximate surface area is 151 Å². The van der Waals surface area contributed by atoms with Gasteiger partial charge in [-0.25, -0.2) is 0 Å². The molecule has 134 valence electrons. The molecule has 0 aliphatic heterocycles. The number of nitrogens with one attached hydrogen (secondary N) is 1. The molecule has 2 N–H and O–H groups in total. The number of aliphatic hydroxyl groups excluding tert-OH is 1. The Morgan fingerprint density at radius 3 is 2.85 bits per heavy atom. The van der Waals surface area contributed by atoms with Crippen LogP contribution in [0, 0.1) is 5.92 Å². The molecule has 1 aliphatic carbocycles. The predicted octanol–water partition coefficient (Wildman–Crippen LogP) is 2.92. The topological polar surface area (TPSA) is 80.3 Å². The van der Waals surface area contributed by atoms with Crippen molar-refractivity contribution < 1.29 is 14.3 Å². The molecule has 2 heterocycles. The van der Waals surface area contributed by atoms with Gasteiger partial charge in [0.25, 0.3) is 5.91 Å². The van der Waals surface area contributed by atoms with E-state index in [0.29, 0.717) is 18.4 Å². The Hall–Kier alpha value is -2.86. The number of nitrogens with zero attached hydrogens (tertiary/aromatic N) is 2. The Balaban J connectivity index is 1.56. The van der Waals surface area contributed by atoms with Crippen molar-refractivity contribution in [3.8, 4) is 11.3 Å². The normalized spacial score (nSPS) is 20.4. The van der Waals surface area contributed by atoms with Crippen molar-refractivity contribution in [3.05, 3.63) is 66.2 Å². The van der Waals surface area contributed by atoms with E-state index in [2.05, 4.69) is 10.4 Å². The minimum Gasteiger partial charge on any atom is -0.464 e. The van der Waals surface area contributed by atoms with Crippen molar-refractivity contribution in [3.63, 3.8) is 0 Å². The summed E-state index contributed by atoms with van der Waals surface area (Å²) in [4.78, 5) is 12.9. The van der Waals surface area contributed by atoms with Crippen LogP contribution < -0.4 is 5.32 Å². The minimum absolute atomic E-state index is 0.145. The molecule has 0 saturated heterocycles. The van der Waals surface area contributed by atoms with Gasteiger partial charge in [-0.1, -0.05) is 12.1 Å². The Bertz CT molecular complexity index is 895. The fourth-order valence-electron chi connectivity index (χ4n) is 3.46. The smallest absolute Gasteiger partial charge is 0.251 e. The number of aliphatic hydroxyl groups is 1. The van der Waals surface area contributed by atoms with E-state index < -0.39 is 0 Å². The number of hydrogen-bond donors (Lipinski definition) is 2. The fraction of sp³-hybridized carbons (Fsp3) is 0.300. The first-order chi connectivity index (χ1) is 12.6. The molecular formula is C20H21N3O3. The standard InChI is InChI=1S/C20H21N3O3/c1-23-12-16(11-21-23)19(15-9-17(24)10-15)22-20(25)14-5-2-4-13(8-14)18-6-3-7-26-18/h2-8,11-12,15,17,19,24H,9-10H2,1H3,(H,22,25)/t15?,17?,19-/m0/s1. The van der Waals surface area contributed by atoms with Gasteiger partial charge in [0, 0.05) is 29.9 Å². The summed E-state index contributed by atoms with van der Waals surface area (Å²) in [6.45, 7) is 0. The quantitative estimate of drug-likeness (QED) is 0.741. The summed E-state index contributed by atoms with van der Waals surface area (Å²) in [7, 11) is 1.85. The van der Waals surface area contributed by atoms with Crippen LogP contribution in [0.1, 0.15) is 34.8 Å². The van der Waals surface area contributed by atoms with E-state index in [1.54, 1.807) is 23.2 Å². The number of rotatable bonds is 5. The highest BCUT2D eigenvalue weighted by molar-refractivity contribution is 5.95. The molecule has 0 spiro atoms. The zero-order valence-corrected chi connectivity index (χ0v) is 14.5. The molecule has 1 fully saturated rings. The number of benzene rings is 1. The summed E-state index contributed by atoms with van der Waals surface area (Å²) in [5, 5.41) is 17.0. The van der Waals surface area contributed by atoms with Gasteiger partial charge in [-0.15, -0.1) is 0 Å². The lowest BCUT2D eigenvalue weighted by Gasteiger charge is -2.37. The van der Waals surface area contributed by atoms with E-state index in [1.165, 1.54) is 0 Å². The van der Waals surface area contributed by atoms with Gasteiger partial charge in [0.05, 0.1) is 24.6 Å². The van der Waals surface area contributed by atoms with Gasteiger partial charge in [-0.2, -0.15) is 5.10 Å². The third-order valence-corrected chi connectivity index (χ3v) is 4.92. The zero-order chi connectivity index (χ0) is 18.1. The lowest BCUT2D eigenvalue weighted by molar-refractivity contribution is 0.0235. The first kappa shape index (κ1) is 16.6. The summed E-state index contributed by atoms with van der Waals surface area (Å²) in [5.41, 5.74) is 2.40. The molecule has 6 heteroatoms. The number of aryl methyl sites for hydroxylation is 1. The molecule has 6 nitrogen and oxygen atoms in total. The summed E-state index contributed by atoms with van der Waals surface area (Å²) in [6, 6.07) is 10.9. The SMILES string of the molecule is Cn1cc([C@@H](NC(=O)c2cccc(-c3ccco3)c2)C2CC(O)C2)cn1. The number of hydrogen-bond acceptors (Lipinski definition) is 4. The van der Waals surface area contributed by atoms with Gasteiger partial charge in [-0.05, 0) is 43.0 Å². The third-order valence-electron chi connectivity index (χ3n) is 4.92. The van der Waals surface area contributed by atoms with Crippen molar-refractivity contribution in [2.24, 2.45) is 13.0 Å². The molecule has 0 bridgehead atoms. The van der Waals surface area contributed by atoms with Crippen LogP contribution in [0.4, 0.5) is 0 Å². The molecule has 26 heavy (non-hydrogen) atoms. The molecular weight excluding hydrogens is 330 g/mol. The van der Waals surface area contributed by atoms with Gasteiger partial charge in [-0.3, -0.25) is 9.48 Å². The molecule has 3 aromatic rings. The highest BCUT2D eigenvalue weighted by Crippen LogP contribution is 2.38. The van der Waals surface area contributed by atoms with Crippen LogP contribution in [-0.2, 0) is 7.05 Å². The zero-order valence-electron chi connectivity index (χ0n) is 14.5. The van der Waals surface area contributed by atoms with Crippen molar-refractivity contribution in [2.75, 3.05) is 0 Å². The molecule has 1 aliphatic rings. The Morgan fingerprint density at radius 2 is 2.19 bits per heavy atom. The van der Waals surface area contributed by atoms with E-state index in [-0.39, 0.29) is 24.0 Å². The second kappa shape index (κ2) is 6.80. The second-order valence-electron chi connectivity index (χ2n) is 6.84. The van der Waals surface area contributed by atoms with Crippen LogP contribution >= 0.6 is 0 Å². The summed E-state index contributed by atoms with van der Waals surface area (Å²) in [6.07, 6.45) is 6.39. The highest BCUT2D eigenvalue weighted by atomic mass is 16.3. The van der Waals surface area contributed by atoms with E-state index in [4.69, 9.17) is 4.42 Å². The predicted molar refractivity (Wildman–Crippen MR) is 96.3 cm³/mol. The Morgan fingerprint density at radius 1 is 1.35 bits per heavy atom. The van der Waals surface area contributed by atoms with Crippen LogP contribution in [0.2, 0.25) is 0 Å². The van der Waals surface area contributed by atoms with Gasteiger partial charge in [0.1, 0.15) is 5.76 Å². The summed E-state index contributed by atoms with van der Waals surface area (Å²) < 4.78 is 7.14. The molecule has 4 rings (SSSR count). The molecule has 1 aromatic carbocycles. The van der Waals surface area contributed by atoms with Crippen molar-refractivity contribution >= 4 is 5.91 Å². The molecule has 1 atom stereocenters. The largest absolute Gasteiger partial charge is 0.464 e. The van der Waals surface area contributed by atoms with Crippen LogP contribution in [0.3, 0.4) is 0 Å². The van der Waals surface area contributed by atoms with E-state index in [1.807, 2.05) is 43.6 Å². The van der Waals surface area contributed by atoms with Crippen LogP contribution in [-0.4, -0.2) is 26.9 Å². The number of carbonyl (C=O) groups excluding carboxylic acids is 1. The first-order valence-electron chi connectivity index (χ1n) is 8.71. The van der Waals surface area contributed by atoms with Gasteiger partial charge in [0.2, 0.25) is 0 Å². The van der Waals surface area contributed by atoms with Gasteiger partial charge >= 0.3 is 0 Å². The molecule has 0 unspecified atom stereocenters. The second-order valence-corrected chi connectivity index (χ2v) is 6.84. The van der Waals surface area contributed by atoms with Crippen molar-refractivity contribution in [1.29, 1.82) is 0 Å². The molecule has 2 aromatic heterocycles. The lowest BCUT2D eigenvalue weighted by atomic mass is 9.75. The van der Waals surface area contributed by atoms with Crippen molar-refractivity contribution in [2.45, 2.75) is 25.0 Å².